The second-order valence-corrected chi connectivity index (χ2v) is 5.20. The van der Waals surface area contributed by atoms with E-state index in [2.05, 4.69) is 0 Å². The van der Waals surface area contributed by atoms with Crippen LogP contribution in [0.25, 0.3) is 11.6 Å². The maximum atomic E-state index is 11.6. The normalized spacial score (nSPS) is 11.2. The lowest BCUT2D eigenvalue weighted by atomic mass is 10.0. The van der Waals surface area contributed by atoms with E-state index in [0.717, 1.165) is 0 Å². The number of halogens is 1. The number of aliphatic carboxylic acids is 1. The summed E-state index contributed by atoms with van der Waals surface area (Å²) < 4.78 is 5.37. The third-order valence-electron chi connectivity index (χ3n) is 3.16. The Morgan fingerprint density at radius 2 is 2.08 bits per heavy atom. The molecule has 124 valence electrons. The van der Waals surface area contributed by atoms with Gasteiger partial charge in [0.15, 0.2) is 0 Å². The van der Waals surface area contributed by atoms with Crippen molar-refractivity contribution in [3.8, 4) is 5.75 Å². The van der Waals surface area contributed by atoms with Gasteiger partial charge in [-0.15, -0.1) is 0 Å². The molecule has 0 fully saturated rings. The molecule has 0 unspecified atom stereocenters. The van der Waals surface area contributed by atoms with Crippen LogP contribution in [0, 0.1) is 10.1 Å². The van der Waals surface area contributed by atoms with Gasteiger partial charge in [-0.25, -0.2) is 4.79 Å². The van der Waals surface area contributed by atoms with Crippen molar-refractivity contribution < 1.29 is 19.6 Å². The number of hydrogen-bond acceptors (Lipinski definition) is 4. The second-order valence-electron chi connectivity index (χ2n) is 4.79. The van der Waals surface area contributed by atoms with E-state index in [1.54, 1.807) is 24.3 Å². The van der Waals surface area contributed by atoms with Crippen molar-refractivity contribution in [3.05, 3.63) is 68.7 Å². The molecule has 2 aromatic carbocycles. The van der Waals surface area contributed by atoms with Crippen LogP contribution in [0.15, 0.2) is 42.5 Å². The molecule has 0 radical (unpaired) electrons. The van der Waals surface area contributed by atoms with Crippen LogP contribution in [0.2, 0.25) is 5.02 Å². The van der Waals surface area contributed by atoms with Crippen LogP contribution in [0.4, 0.5) is 5.69 Å². The highest BCUT2D eigenvalue weighted by atomic mass is 35.5. The molecule has 0 aliphatic heterocycles. The standard InChI is InChI=1S/C17H14ClNO5/c1-2-24-13-5-3-4-12(10-13)14(17(20)21)8-11-6-7-15(18)16(9-11)19(22)23/h3-10H,2H2,1H3,(H,20,21)/b14-8-. The highest BCUT2D eigenvalue weighted by molar-refractivity contribution is 6.32. The number of ether oxygens (including phenoxy) is 1. The monoisotopic (exact) mass is 347 g/mol. The zero-order valence-electron chi connectivity index (χ0n) is 12.7. The molecule has 24 heavy (non-hydrogen) atoms. The number of benzene rings is 2. The molecule has 0 bridgehead atoms. The van der Waals surface area contributed by atoms with Crippen LogP contribution < -0.4 is 4.74 Å². The van der Waals surface area contributed by atoms with Crippen LogP contribution in [-0.2, 0) is 4.79 Å². The van der Waals surface area contributed by atoms with Gasteiger partial charge in [0.25, 0.3) is 5.69 Å². The Hall–Kier alpha value is -2.86. The summed E-state index contributed by atoms with van der Waals surface area (Å²) in [6, 6.07) is 10.8. The lowest BCUT2D eigenvalue weighted by Gasteiger charge is -2.07. The number of hydrogen-bond donors (Lipinski definition) is 1. The fourth-order valence-electron chi connectivity index (χ4n) is 2.11. The predicted octanol–water partition coefficient (Wildman–Crippen LogP) is 4.27. The van der Waals surface area contributed by atoms with Gasteiger partial charge < -0.3 is 9.84 Å². The van der Waals surface area contributed by atoms with E-state index in [4.69, 9.17) is 16.3 Å². The second kappa shape index (κ2) is 7.61. The largest absolute Gasteiger partial charge is 0.494 e. The molecule has 0 aliphatic carbocycles. The van der Waals surface area contributed by atoms with Gasteiger partial charge in [-0.1, -0.05) is 29.8 Å². The molecule has 0 atom stereocenters. The van der Waals surface area contributed by atoms with Crippen LogP contribution in [0.3, 0.4) is 0 Å². The van der Waals surface area contributed by atoms with Gasteiger partial charge in [0.2, 0.25) is 0 Å². The maximum Gasteiger partial charge on any atom is 0.336 e. The Balaban J connectivity index is 2.50. The van der Waals surface area contributed by atoms with E-state index in [1.165, 1.54) is 24.3 Å². The fourth-order valence-corrected chi connectivity index (χ4v) is 2.30. The topological polar surface area (TPSA) is 89.7 Å². The van der Waals surface area contributed by atoms with E-state index in [0.29, 0.717) is 23.5 Å². The van der Waals surface area contributed by atoms with E-state index in [9.17, 15) is 20.0 Å². The fraction of sp³-hybridized carbons (Fsp3) is 0.118. The molecule has 2 aromatic rings. The zero-order chi connectivity index (χ0) is 17.7. The van der Waals surface area contributed by atoms with Crippen molar-refractivity contribution in [2.45, 2.75) is 6.92 Å². The van der Waals surface area contributed by atoms with Crippen molar-refractivity contribution in [2.75, 3.05) is 6.61 Å². The number of carboxylic acids is 1. The summed E-state index contributed by atoms with van der Waals surface area (Å²) in [5, 5.41) is 20.4. The van der Waals surface area contributed by atoms with E-state index < -0.39 is 10.9 Å². The maximum absolute atomic E-state index is 11.6. The smallest absolute Gasteiger partial charge is 0.336 e. The first-order valence-electron chi connectivity index (χ1n) is 7.04. The highest BCUT2D eigenvalue weighted by Gasteiger charge is 2.15. The van der Waals surface area contributed by atoms with E-state index in [1.807, 2.05) is 6.92 Å². The van der Waals surface area contributed by atoms with Crippen molar-refractivity contribution >= 4 is 34.9 Å². The van der Waals surface area contributed by atoms with Gasteiger partial charge in [-0.3, -0.25) is 10.1 Å². The summed E-state index contributed by atoms with van der Waals surface area (Å²) >= 11 is 5.77. The predicted molar refractivity (Wildman–Crippen MR) is 91.2 cm³/mol. The molecule has 0 aromatic heterocycles. The lowest BCUT2D eigenvalue weighted by Crippen LogP contribution is -2.01. The molecular formula is C17H14ClNO5. The van der Waals surface area contributed by atoms with E-state index in [-0.39, 0.29) is 16.3 Å². The molecule has 0 saturated heterocycles. The average molecular weight is 348 g/mol. The number of rotatable bonds is 6. The summed E-state index contributed by atoms with van der Waals surface area (Å²) in [4.78, 5) is 21.9. The zero-order valence-corrected chi connectivity index (χ0v) is 13.5. The molecule has 2 rings (SSSR count). The Bertz CT molecular complexity index is 816. The third kappa shape index (κ3) is 4.11. The summed E-state index contributed by atoms with van der Waals surface area (Å²) in [5.41, 5.74) is 0.516. The molecule has 0 aliphatic rings. The van der Waals surface area contributed by atoms with E-state index >= 15 is 0 Å². The third-order valence-corrected chi connectivity index (χ3v) is 3.48. The molecule has 1 N–H and O–H groups in total. The van der Waals surface area contributed by atoms with Gasteiger partial charge in [-0.05, 0) is 42.3 Å². The minimum Gasteiger partial charge on any atom is -0.494 e. The molecular weight excluding hydrogens is 334 g/mol. The lowest BCUT2D eigenvalue weighted by molar-refractivity contribution is -0.384. The van der Waals surface area contributed by atoms with Gasteiger partial charge in [-0.2, -0.15) is 0 Å². The Kier molecular flexibility index (Phi) is 5.55. The molecule has 7 heteroatoms. The first-order valence-corrected chi connectivity index (χ1v) is 7.42. The number of nitrogens with zero attached hydrogens (tertiary/aromatic N) is 1. The minimum absolute atomic E-state index is 0.00632. The molecule has 0 saturated carbocycles. The molecule has 0 spiro atoms. The van der Waals surface area contributed by atoms with Crippen molar-refractivity contribution in [2.24, 2.45) is 0 Å². The molecule has 6 nitrogen and oxygen atoms in total. The summed E-state index contributed by atoms with van der Waals surface area (Å²) in [6.45, 7) is 2.28. The van der Waals surface area contributed by atoms with Gasteiger partial charge in [0.05, 0.1) is 17.1 Å². The van der Waals surface area contributed by atoms with Crippen molar-refractivity contribution in [1.82, 2.24) is 0 Å². The first kappa shape index (κ1) is 17.5. The van der Waals surface area contributed by atoms with Crippen LogP contribution in [-0.4, -0.2) is 22.6 Å². The van der Waals surface area contributed by atoms with Gasteiger partial charge in [0, 0.05) is 6.07 Å². The molecule has 0 amide bonds. The molecule has 0 heterocycles. The SMILES string of the molecule is CCOc1cccc(/C(=C/c2ccc(Cl)c([N+](=O)[O-])c2)C(=O)O)c1. The van der Waals surface area contributed by atoms with Crippen LogP contribution in [0.5, 0.6) is 5.75 Å². The first-order chi connectivity index (χ1) is 11.4. The number of nitro groups is 1. The van der Waals surface area contributed by atoms with Crippen molar-refractivity contribution in [3.63, 3.8) is 0 Å². The van der Waals surface area contributed by atoms with Crippen LogP contribution in [0.1, 0.15) is 18.1 Å². The Morgan fingerprint density at radius 1 is 1.33 bits per heavy atom. The number of carboxylic acid groups (broad SMARTS) is 1. The van der Waals surface area contributed by atoms with Crippen LogP contribution >= 0.6 is 11.6 Å². The average Bonchev–Trinajstić information content (AvgIpc) is 2.54. The quantitative estimate of drug-likeness (QED) is 0.364. The Labute approximate surface area is 143 Å². The highest BCUT2D eigenvalue weighted by Crippen LogP contribution is 2.28. The van der Waals surface area contributed by atoms with Gasteiger partial charge in [0.1, 0.15) is 10.8 Å². The summed E-state index contributed by atoms with van der Waals surface area (Å²) in [5.74, 6) is -0.606. The van der Waals surface area contributed by atoms with Crippen molar-refractivity contribution in [1.29, 1.82) is 0 Å². The van der Waals surface area contributed by atoms with Gasteiger partial charge >= 0.3 is 5.97 Å². The summed E-state index contributed by atoms with van der Waals surface area (Å²) in [7, 11) is 0. The minimum atomic E-state index is -1.15. The number of nitro benzene ring substituents is 1. The summed E-state index contributed by atoms with van der Waals surface area (Å²) in [6.07, 6.45) is 1.36. The number of carbonyl (C=O) groups is 1. The Morgan fingerprint density at radius 3 is 2.71 bits per heavy atom.